The third-order valence-electron chi connectivity index (χ3n) is 6.99. The first kappa shape index (κ1) is 28.6. The summed E-state index contributed by atoms with van der Waals surface area (Å²) in [4.78, 5) is 0. The summed E-state index contributed by atoms with van der Waals surface area (Å²) in [5, 5.41) is 4.41. The molecule has 4 aromatic carbocycles. The Kier molecular flexibility index (Phi) is 9.25. The summed E-state index contributed by atoms with van der Waals surface area (Å²) in [6, 6.07) is 24.3. The molecule has 2 fully saturated rings. The maximum atomic E-state index is 6.09. The predicted molar refractivity (Wildman–Crippen MR) is 160 cm³/mol. The molecular formula is C34H38O8. The number of ether oxygens (including phenoxy) is 8. The Balaban J connectivity index is 0.878. The average Bonchev–Trinajstić information content (AvgIpc) is 3.92. The van der Waals surface area contributed by atoms with E-state index in [1.807, 2.05) is 62.4 Å². The van der Waals surface area contributed by atoms with Gasteiger partial charge in [0.2, 0.25) is 0 Å². The molecule has 0 aromatic heterocycles. The van der Waals surface area contributed by atoms with Crippen molar-refractivity contribution in [2.45, 2.75) is 38.3 Å². The highest BCUT2D eigenvalue weighted by Crippen LogP contribution is 2.28. The van der Waals surface area contributed by atoms with Crippen LogP contribution in [0.15, 0.2) is 72.8 Å². The van der Waals surface area contributed by atoms with Crippen molar-refractivity contribution in [3.05, 3.63) is 72.8 Å². The van der Waals surface area contributed by atoms with E-state index in [-0.39, 0.29) is 24.4 Å². The van der Waals surface area contributed by atoms with Crippen molar-refractivity contribution in [2.75, 3.05) is 52.9 Å². The van der Waals surface area contributed by atoms with Crippen LogP contribution in [0, 0.1) is 0 Å². The fraction of sp³-hybridized carbons (Fsp3) is 0.412. The molecule has 2 aliphatic heterocycles. The first-order valence-electron chi connectivity index (χ1n) is 14.6. The normalized spacial score (nSPS) is 18.9. The van der Waals surface area contributed by atoms with Crippen LogP contribution in [-0.4, -0.2) is 77.3 Å². The lowest BCUT2D eigenvalue weighted by Gasteiger charge is -2.17. The van der Waals surface area contributed by atoms with Crippen LogP contribution in [-0.2, 0) is 18.9 Å². The second kappa shape index (κ2) is 13.6. The van der Waals surface area contributed by atoms with Crippen LogP contribution in [0.1, 0.15) is 13.8 Å². The zero-order valence-electron chi connectivity index (χ0n) is 24.2. The van der Waals surface area contributed by atoms with Gasteiger partial charge in [-0.25, -0.2) is 0 Å². The fourth-order valence-electron chi connectivity index (χ4n) is 4.59. The minimum atomic E-state index is -0.1000. The van der Waals surface area contributed by atoms with Gasteiger partial charge in [-0.1, -0.05) is 24.3 Å². The first-order valence-corrected chi connectivity index (χ1v) is 14.6. The molecule has 0 spiro atoms. The molecule has 4 unspecified atom stereocenters. The Morgan fingerprint density at radius 2 is 0.952 bits per heavy atom. The van der Waals surface area contributed by atoms with Gasteiger partial charge < -0.3 is 37.9 Å². The van der Waals surface area contributed by atoms with Gasteiger partial charge in [0.15, 0.2) is 0 Å². The molecule has 0 saturated carbocycles. The highest BCUT2D eigenvalue weighted by Gasteiger charge is 2.23. The molecule has 4 aromatic rings. The molecule has 0 N–H and O–H groups in total. The second-order valence-electron chi connectivity index (χ2n) is 10.9. The lowest BCUT2D eigenvalue weighted by Crippen LogP contribution is -2.23. The first-order chi connectivity index (χ1) is 20.6. The van der Waals surface area contributed by atoms with Crippen LogP contribution in [0.3, 0.4) is 0 Å². The number of hydrogen-bond acceptors (Lipinski definition) is 8. The smallest absolute Gasteiger partial charge is 0.120 e. The quantitative estimate of drug-likeness (QED) is 0.115. The largest absolute Gasteiger partial charge is 0.491 e. The molecule has 4 atom stereocenters. The topological polar surface area (TPSA) is 80.4 Å². The summed E-state index contributed by atoms with van der Waals surface area (Å²) in [5.41, 5.74) is 0. The highest BCUT2D eigenvalue weighted by molar-refractivity contribution is 5.86. The maximum absolute atomic E-state index is 6.09. The Morgan fingerprint density at radius 3 is 1.36 bits per heavy atom. The zero-order valence-corrected chi connectivity index (χ0v) is 24.2. The molecule has 6 rings (SSSR count). The Morgan fingerprint density at radius 1 is 0.571 bits per heavy atom. The van der Waals surface area contributed by atoms with Gasteiger partial charge in [-0.2, -0.15) is 0 Å². The van der Waals surface area contributed by atoms with Crippen molar-refractivity contribution in [1.82, 2.24) is 0 Å². The SMILES string of the molecule is CC(COCCOCC(C)Oc1ccc2ccc(OCC3CO3)cc2c1)Oc1ccc2ccc(OCC3CO3)cc2c1. The molecule has 2 aliphatic rings. The van der Waals surface area contributed by atoms with Crippen molar-refractivity contribution >= 4 is 21.5 Å². The highest BCUT2D eigenvalue weighted by atomic mass is 16.6. The third-order valence-corrected chi connectivity index (χ3v) is 6.99. The molecule has 2 saturated heterocycles. The summed E-state index contributed by atoms with van der Waals surface area (Å²) >= 11 is 0. The lowest BCUT2D eigenvalue weighted by atomic mass is 10.1. The van der Waals surface area contributed by atoms with E-state index in [1.54, 1.807) is 0 Å². The van der Waals surface area contributed by atoms with Gasteiger partial charge in [0.1, 0.15) is 60.6 Å². The molecule has 8 nitrogen and oxygen atoms in total. The van der Waals surface area contributed by atoms with Gasteiger partial charge in [0.05, 0.1) is 39.6 Å². The van der Waals surface area contributed by atoms with Crippen molar-refractivity contribution in [3.8, 4) is 23.0 Å². The van der Waals surface area contributed by atoms with E-state index in [0.717, 1.165) is 57.8 Å². The molecular weight excluding hydrogens is 536 g/mol. The minimum absolute atomic E-state index is 0.1000. The fourth-order valence-corrected chi connectivity index (χ4v) is 4.59. The molecule has 2 heterocycles. The molecule has 8 heteroatoms. The summed E-state index contributed by atoms with van der Waals surface area (Å²) in [7, 11) is 0. The second-order valence-corrected chi connectivity index (χ2v) is 10.9. The van der Waals surface area contributed by atoms with Crippen molar-refractivity contribution in [1.29, 1.82) is 0 Å². The maximum Gasteiger partial charge on any atom is 0.120 e. The van der Waals surface area contributed by atoms with Gasteiger partial charge in [-0.15, -0.1) is 0 Å². The Labute approximate surface area is 246 Å². The van der Waals surface area contributed by atoms with Crippen LogP contribution in [0.25, 0.3) is 21.5 Å². The number of epoxide rings is 2. The molecule has 0 amide bonds. The van der Waals surface area contributed by atoms with Gasteiger partial charge in [0.25, 0.3) is 0 Å². The summed E-state index contributed by atoms with van der Waals surface area (Å²) in [5.74, 6) is 3.27. The average molecular weight is 575 g/mol. The van der Waals surface area contributed by atoms with Crippen LogP contribution < -0.4 is 18.9 Å². The van der Waals surface area contributed by atoms with E-state index in [9.17, 15) is 0 Å². The van der Waals surface area contributed by atoms with E-state index < -0.39 is 0 Å². The van der Waals surface area contributed by atoms with Crippen molar-refractivity contribution in [3.63, 3.8) is 0 Å². The standard InChI is InChI=1S/C34H38O8/c1-23(41-31-9-5-25-3-7-29(13-27(25)15-31)37-19-33-21-39-33)17-35-11-12-36-18-24(2)42-32-10-6-26-4-8-30(14-28(26)16-32)38-20-34-22-40-34/h3-10,13-16,23-24,33-34H,11-12,17-22H2,1-2H3. The number of benzene rings is 4. The molecule has 0 radical (unpaired) electrons. The molecule has 222 valence electrons. The summed E-state index contributed by atoms with van der Waals surface area (Å²) in [6.45, 7) is 8.63. The lowest BCUT2D eigenvalue weighted by molar-refractivity contribution is -0.00155. The predicted octanol–water partition coefficient (Wildman–Crippen LogP) is 5.82. The van der Waals surface area contributed by atoms with Gasteiger partial charge in [-0.05, 0) is 83.9 Å². The van der Waals surface area contributed by atoms with E-state index in [4.69, 9.17) is 37.9 Å². The van der Waals surface area contributed by atoms with Crippen LogP contribution >= 0.6 is 0 Å². The number of hydrogen-bond donors (Lipinski definition) is 0. The third kappa shape index (κ3) is 8.49. The van der Waals surface area contributed by atoms with Gasteiger partial charge in [-0.3, -0.25) is 0 Å². The van der Waals surface area contributed by atoms with Crippen LogP contribution in [0.4, 0.5) is 0 Å². The van der Waals surface area contributed by atoms with E-state index in [0.29, 0.717) is 39.6 Å². The molecule has 42 heavy (non-hydrogen) atoms. The summed E-state index contributed by atoms with van der Waals surface area (Å²) < 4.78 is 45.8. The number of rotatable bonds is 17. The number of fused-ring (bicyclic) bond motifs is 2. The van der Waals surface area contributed by atoms with Crippen molar-refractivity contribution < 1.29 is 37.9 Å². The van der Waals surface area contributed by atoms with E-state index >= 15 is 0 Å². The van der Waals surface area contributed by atoms with Gasteiger partial charge in [0, 0.05) is 0 Å². The van der Waals surface area contributed by atoms with E-state index in [2.05, 4.69) is 24.3 Å². The monoisotopic (exact) mass is 574 g/mol. The van der Waals surface area contributed by atoms with Crippen LogP contribution in [0.5, 0.6) is 23.0 Å². The Bertz CT molecular complexity index is 1350. The van der Waals surface area contributed by atoms with Crippen LogP contribution in [0.2, 0.25) is 0 Å². The molecule has 0 bridgehead atoms. The Hall–Kier alpha value is -3.56. The van der Waals surface area contributed by atoms with E-state index in [1.165, 1.54) is 0 Å². The zero-order chi connectivity index (χ0) is 28.7. The molecule has 0 aliphatic carbocycles. The van der Waals surface area contributed by atoms with Crippen molar-refractivity contribution in [2.24, 2.45) is 0 Å². The summed E-state index contributed by atoms with van der Waals surface area (Å²) in [6.07, 6.45) is 0.266. The minimum Gasteiger partial charge on any atom is -0.491 e. The van der Waals surface area contributed by atoms with Gasteiger partial charge >= 0.3 is 0 Å².